The van der Waals surface area contributed by atoms with Gasteiger partial charge >= 0.3 is 5.97 Å². The molecule has 1 aliphatic rings. The number of benzene rings is 1. The highest BCUT2D eigenvalue weighted by Crippen LogP contribution is 2.44. The third kappa shape index (κ3) is 1.75. The lowest BCUT2D eigenvalue weighted by Crippen LogP contribution is -2.41. The maximum Gasteiger partial charge on any atom is 0.314 e. The average molecular weight is 234 g/mol. The number of carboxylic acid groups (broad SMARTS) is 1. The minimum absolute atomic E-state index is 0.0198. The van der Waals surface area contributed by atoms with Crippen LogP contribution in [0.4, 0.5) is 0 Å². The summed E-state index contributed by atoms with van der Waals surface area (Å²) in [6.07, 6.45) is 1.52. The zero-order valence-corrected chi connectivity index (χ0v) is 10.3. The molecule has 0 amide bonds. The number of rotatable bonds is 4. The van der Waals surface area contributed by atoms with E-state index in [9.17, 15) is 9.90 Å². The summed E-state index contributed by atoms with van der Waals surface area (Å²) < 4.78 is 5.14. The zero-order valence-electron chi connectivity index (χ0n) is 10.3. The Hall–Kier alpha value is -1.35. The lowest BCUT2D eigenvalue weighted by atomic mass is 9.72. The summed E-state index contributed by atoms with van der Waals surface area (Å²) >= 11 is 0. The number of methoxy groups -OCH3 is 1. The third-order valence-corrected chi connectivity index (χ3v) is 3.93. The molecule has 1 N–H and O–H groups in total. The van der Waals surface area contributed by atoms with Gasteiger partial charge in [-0.3, -0.25) is 4.79 Å². The van der Waals surface area contributed by atoms with Gasteiger partial charge in [-0.25, -0.2) is 0 Å². The lowest BCUT2D eigenvalue weighted by Gasteiger charge is -2.31. The van der Waals surface area contributed by atoms with E-state index in [1.165, 1.54) is 0 Å². The topological polar surface area (TPSA) is 46.5 Å². The van der Waals surface area contributed by atoms with Crippen molar-refractivity contribution in [3.05, 3.63) is 35.4 Å². The Kier molecular flexibility index (Phi) is 3.20. The van der Waals surface area contributed by atoms with Crippen molar-refractivity contribution in [3.8, 4) is 0 Å². The average Bonchev–Trinajstić information content (AvgIpc) is 2.69. The van der Waals surface area contributed by atoms with E-state index in [4.69, 9.17) is 4.74 Å². The van der Waals surface area contributed by atoms with Gasteiger partial charge in [0.15, 0.2) is 0 Å². The van der Waals surface area contributed by atoms with Gasteiger partial charge in [0.25, 0.3) is 0 Å². The summed E-state index contributed by atoms with van der Waals surface area (Å²) in [4.78, 5) is 11.7. The van der Waals surface area contributed by atoms with Crippen molar-refractivity contribution in [3.63, 3.8) is 0 Å². The molecule has 0 radical (unpaired) electrons. The molecule has 2 atom stereocenters. The second kappa shape index (κ2) is 4.49. The number of aliphatic carboxylic acids is 1. The summed E-state index contributed by atoms with van der Waals surface area (Å²) in [6.45, 7) is 2.43. The van der Waals surface area contributed by atoms with Crippen LogP contribution in [0.15, 0.2) is 24.3 Å². The zero-order chi connectivity index (χ0) is 12.5. The van der Waals surface area contributed by atoms with Gasteiger partial charge in [-0.1, -0.05) is 31.2 Å². The normalized spacial score (nSPS) is 24.4. The first-order valence-corrected chi connectivity index (χ1v) is 5.93. The van der Waals surface area contributed by atoms with Gasteiger partial charge in [-0.15, -0.1) is 0 Å². The summed E-state index contributed by atoms with van der Waals surface area (Å²) in [5.74, 6) is -0.749. The first kappa shape index (κ1) is 12.1. The van der Waals surface area contributed by atoms with E-state index in [-0.39, 0.29) is 5.92 Å². The number of ether oxygens (including phenoxy) is 1. The van der Waals surface area contributed by atoms with Crippen LogP contribution in [0.2, 0.25) is 0 Å². The molecule has 0 spiro atoms. The molecule has 3 nitrogen and oxygen atoms in total. The molecule has 2 rings (SSSR count). The van der Waals surface area contributed by atoms with E-state index in [0.717, 1.165) is 17.5 Å². The maximum absolute atomic E-state index is 11.7. The van der Waals surface area contributed by atoms with E-state index in [2.05, 4.69) is 0 Å². The minimum atomic E-state index is -0.771. The molecule has 0 saturated heterocycles. The van der Waals surface area contributed by atoms with Crippen molar-refractivity contribution >= 4 is 5.97 Å². The van der Waals surface area contributed by atoms with Crippen molar-refractivity contribution in [1.29, 1.82) is 0 Å². The fourth-order valence-corrected chi connectivity index (χ4v) is 2.98. The fourth-order valence-electron chi connectivity index (χ4n) is 2.98. The molecular formula is C14H18O3. The Labute approximate surface area is 101 Å². The minimum Gasteiger partial charge on any atom is -0.481 e. The van der Waals surface area contributed by atoms with Crippen molar-refractivity contribution in [1.82, 2.24) is 0 Å². The molecular weight excluding hydrogens is 216 g/mol. The van der Waals surface area contributed by atoms with Crippen molar-refractivity contribution in [2.24, 2.45) is 5.92 Å². The van der Waals surface area contributed by atoms with Crippen LogP contribution in [0.5, 0.6) is 0 Å². The molecule has 0 aromatic heterocycles. The third-order valence-electron chi connectivity index (χ3n) is 3.93. The van der Waals surface area contributed by atoms with Crippen LogP contribution >= 0.6 is 0 Å². The lowest BCUT2D eigenvalue weighted by molar-refractivity contribution is -0.147. The standard InChI is InChI=1S/C14H18O3/c1-10(9-17-2)14(13(15)16)8-7-11-5-3-4-6-12(11)14/h3-6,10H,7-9H2,1-2H3,(H,15,16). The Balaban J connectivity index is 2.48. The molecule has 1 aromatic carbocycles. The molecule has 0 fully saturated rings. The first-order chi connectivity index (χ1) is 8.13. The number of carboxylic acids is 1. The predicted molar refractivity (Wildman–Crippen MR) is 65.1 cm³/mol. The van der Waals surface area contributed by atoms with Crippen molar-refractivity contribution < 1.29 is 14.6 Å². The van der Waals surface area contributed by atoms with Crippen LogP contribution < -0.4 is 0 Å². The SMILES string of the molecule is COCC(C)C1(C(=O)O)CCc2ccccc21. The Morgan fingerprint density at radius 3 is 2.88 bits per heavy atom. The van der Waals surface area contributed by atoms with Crippen molar-refractivity contribution in [2.75, 3.05) is 13.7 Å². The van der Waals surface area contributed by atoms with E-state index < -0.39 is 11.4 Å². The largest absolute Gasteiger partial charge is 0.481 e. The molecule has 92 valence electrons. The predicted octanol–water partition coefficient (Wildman–Crippen LogP) is 2.24. The van der Waals surface area contributed by atoms with Crippen LogP contribution in [0.25, 0.3) is 0 Å². The summed E-state index contributed by atoms with van der Waals surface area (Å²) in [7, 11) is 1.62. The fraction of sp³-hybridized carbons (Fsp3) is 0.500. The van der Waals surface area contributed by atoms with E-state index in [1.54, 1.807) is 7.11 Å². The molecule has 0 bridgehead atoms. The summed E-state index contributed by atoms with van der Waals surface area (Å²) in [5, 5.41) is 9.65. The molecule has 3 heteroatoms. The monoisotopic (exact) mass is 234 g/mol. The van der Waals surface area contributed by atoms with Crippen LogP contribution in [-0.2, 0) is 21.4 Å². The molecule has 0 aliphatic heterocycles. The first-order valence-electron chi connectivity index (χ1n) is 5.93. The van der Waals surface area contributed by atoms with Gasteiger partial charge < -0.3 is 9.84 Å². The number of carbonyl (C=O) groups is 1. The van der Waals surface area contributed by atoms with Crippen LogP contribution in [0.3, 0.4) is 0 Å². The maximum atomic E-state index is 11.7. The molecule has 1 aliphatic carbocycles. The number of aryl methyl sites for hydroxylation is 1. The van der Waals surface area contributed by atoms with E-state index >= 15 is 0 Å². The Bertz CT molecular complexity index is 427. The van der Waals surface area contributed by atoms with Crippen LogP contribution in [-0.4, -0.2) is 24.8 Å². The molecule has 1 aromatic rings. The van der Waals surface area contributed by atoms with Crippen LogP contribution in [0, 0.1) is 5.92 Å². The van der Waals surface area contributed by atoms with Gasteiger partial charge in [0, 0.05) is 7.11 Å². The van der Waals surface area contributed by atoms with Gasteiger partial charge in [-0.2, -0.15) is 0 Å². The quantitative estimate of drug-likeness (QED) is 0.869. The molecule has 17 heavy (non-hydrogen) atoms. The second-order valence-corrected chi connectivity index (χ2v) is 4.79. The smallest absolute Gasteiger partial charge is 0.314 e. The Morgan fingerprint density at radius 2 is 2.24 bits per heavy atom. The highest BCUT2D eigenvalue weighted by atomic mass is 16.5. The van der Waals surface area contributed by atoms with Gasteiger partial charge in [0.1, 0.15) is 0 Å². The number of fused-ring (bicyclic) bond motifs is 1. The van der Waals surface area contributed by atoms with Gasteiger partial charge in [-0.05, 0) is 29.9 Å². The second-order valence-electron chi connectivity index (χ2n) is 4.79. The Morgan fingerprint density at radius 1 is 1.53 bits per heavy atom. The van der Waals surface area contributed by atoms with Crippen molar-refractivity contribution in [2.45, 2.75) is 25.2 Å². The highest BCUT2D eigenvalue weighted by molar-refractivity contribution is 5.83. The molecule has 0 saturated carbocycles. The number of hydrogen-bond acceptors (Lipinski definition) is 2. The van der Waals surface area contributed by atoms with Gasteiger partial charge in [0.2, 0.25) is 0 Å². The summed E-state index contributed by atoms with van der Waals surface area (Å²) in [6, 6.07) is 7.86. The number of hydrogen-bond donors (Lipinski definition) is 1. The highest BCUT2D eigenvalue weighted by Gasteiger charge is 2.49. The van der Waals surface area contributed by atoms with E-state index in [1.807, 2.05) is 31.2 Å². The van der Waals surface area contributed by atoms with Gasteiger partial charge in [0.05, 0.1) is 12.0 Å². The molecule has 2 unspecified atom stereocenters. The van der Waals surface area contributed by atoms with Crippen LogP contribution in [0.1, 0.15) is 24.5 Å². The summed E-state index contributed by atoms with van der Waals surface area (Å²) in [5.41, 5.74) is 1.36. The van der Waals surface area contributed by atoms with E-state index in [0.29, 0.717) is 13.0 Å². The molecule has 0 heterocycles.